The molecule has 0 aromatic heterocycles. The zero-order valence-corrected chi connectivity index (χ0v) is 21.0. The minimum atomic E-state index is -3.57. The Morgan fingerprint density at radius 2 is 1.53 bits per heavy atom. The molecule has 34 heavy (non-hydrogen) atoms. The fourth-order valence-electron chi connectivity index (χ4n) is 7.05. The van der Waals surface area contributed by atoms with Crippen LogP contribution in [0.15, 0.2) is 29.2 Å². The molecule has 0 radical (unpaired) electrons. The zero-order valence-electron chi connectivity index (χ0n) is 20.2. The van der Waals surface area contributed by atoms with E-state index in [9.17, 15) is 18.0 Å². The lowest BCUT2D eigenvalue weighted by atomic mass is 9.53. The van der Waals surface area contributed by atoms with Crippen LogP contribution in [0.5, 0.6) is 0 Å². The maximum Gasteiger partial charge on any atom is 0.338 e. The van der Waals surface area contributed by atoms with E-state index in [1.807, 2.05) is 0 Å². The lowest BCUT2D eigenvalue weighted by molar-refractivity contribution is -0.134. The molecule has 4 aliphatic carbocycles. The number of hydrogen-bond donors (Lipinski definition) is 1. The van der Waals surface area contributed by atoms with Gasteiger partial charge in [0.05, 0.1) is 10.5 Å². The summed E-state index contributed by atoms with van der Waals surface area (Å²) in [5.41, 5.74) is 0.107. The fraction of sp³-hybridized carbons (Fsp3) is 0.692. The Morgan fingerprint density at radius 1 is 1.00 bits per heavy atom. The summed E-state index contributed by atoms with van der Waals surface area (Å²) in [6.07, 6.45) is 7.80. The number of carbonyl (C=O) groups is 2. The standard InChI is InChI=1S/C26H36N2O5S/c1-17-7-9-28(10-8-17)34(31,32)23-5-3-22(4-6-23)25(30)33-18(2)24(29)27-26-14-19-11-20(15-26)13-21(12-19)16-26/h3-6,17-21H,7-16H2,1-2H3,(H,27,29). The highest BCUT2D eigenvalue weighted by Crippen LogP contribution is 2.55. The van der Waals surface area contributed by atoms with E-state index in [2.05, 4.69) is 12.2 Å². The molecule has 0 spiro atoms. The van der Waals surface area contributed by atoms with E-state index in [-0.39, 0.29) is 21.9 Å². The Labute approximate surface area is 202 Å². The molecule has 1 saturated heterocycles. The average Bonchev–Trinajstić information content (AvgIpc) is 2.78. The van der Waals surface area contributed by atoms with E-state index >= 15 is 0 Å². The van der Waals surface area contributed by atoms with E-state index in [1.165, 1.54) is 47.8 Å². The fourth-order valence-corrected chi connectivity index (χ4v) is 8.52. The maximum atomic E-state index is 12.9. The van der Waals surface area contributed by atoms with Gasteiger partial charge in [-0.15, -0.1) is 0 Å². The second-order valence-corrected chi connectivity index (χ2v) is 13.3. The topological polar surface area (TPSA) is 92.8 Å². The van der Waals surface area contributed by atoms with Crippen molar-refractivity contribution in [3.63, 3.8) is 0 Å². The van der Waals surface area contributed by atoms with Gasteiger partial charge in [0, 0.05) is 18.6 Å². The number of amides is 1. The van der Waals surface area contributed by atoms with Crippen LogP contribution in [0, 0.1) is 23.7 Å². The number of sulfonamides is 1. The summed E-state index contributed by atoms with van der Waals surface area (Å²) in [6, 6.07) is 5.82. The highest BCUT2D eigenvalue weighted by atomic mass is 32.2. The molecule has 4 bridgehead atoms. The first-order chi connectivity index (χ1) is 16.1. The van der Waals surface area contributed by atoms with E-state index in [0.29, 0.717) is 36.8 Å². The third kappa shape index (κ3) is 4.63. The minimum Gasteiger partial charge on any atom is -0.449 e. The summed E-state index contributed by atoms with van der Waals surface area (Å²) in [4.78, 5) is 25.7. The first kappa shape index (κ1) is 23.8. The van der Waals surface area contributed by atoms with Gasteiger partial charge in [-0.25, -0.2) is 13.2 Å². The van der Waals surface area contributed by atoms with E-state index in [1.54, 1.807) is 6.92 Å². The summed E-state index contributed by atoms with van der Waals surface area (Å²) in [5, 5.41) is 3.25. The third-order valence-corrected chi connectivity index (χ3v) is 10.5. The Kier molecular flexibility index (Phi) is 6.25. The molecule has 4 saturated carbocycles. The number of hydrogen-bond acceptors (Lipinski definition) is 5. The summed E-state index contributed by atoms with van der Waals surface area (Å²) >= 11 is 0. The molecule has 1 aromatic rings. The minimum absolute atomic E-state index is 0.130. The Hall–Kier alpha value is -1.93. The van der Waals surface area contributed by atoms with Crippen molar-refractivity contribution in [2.75, 3.05) is 13.1 Å². The quantitative estimate of drug-likeness (QED) is 0.616. The Bertz CT molecular complexity index is 1010. The second kappa shape index (κ2) is 8.94. The van der Waals surface area contributed by atoms with Gasteiger partial charge in [0.2, 0.25) is 10.0 Å². The second-order valence-electron chi connectivity index (χ2n) is 11.3. The van der Waals surface area contributed by atoms with Crippen molar-refractivity contribution in [2.45, 2.75) is 81.8 Å². The molecule has 1 amide bonds. The molecule has 7 nitrogen and oxygen atoms in total. The highest BCUT2D eigenvalue weighted by Gasteiger charge is 2.51. The van der Waals surface area contributed by atoms with Gasteiger partial charge in [-0.3, -0.25) is 4.79 Å². The van der Waals surface area contributed by atoms with Gasteiger partial charge < -0.3 is 10.1 Å². The first-order valence-electron chi connectivity index (χ1n) is 12.8. The summed E-state index contributed by atoms with van der Waals surface area (Å²) in [6.45, 7) is 4.77. The largest absolute Gasteiger partial charge is 0.449 e. The van der Waals surface area contributed by atoms with Crippen molar-refractivity contribution in [3.8, 4) is 0 Å². The van der Waals surface area contributed by atoms with Gasteiger partial charge in [-0.05, 0) is 106 Å². The number of nitrogens with zero attached hydrogens (tertiary/aromatic N) is 1. The van der Waals surface area contributed by atoms with Crippen LogP contribution in [-0.2, 0) is 19.6 Å². The van der Waals surface area contributed by atoms with Gasteiger partial charge in [0.15, 0.2) is 6.10 Å². The van der Waals surface area contributed by atoms with Crippen molar-refractivity contribution >= 4 is 21.9 Å². The molecule has 1 heterocycles. The molecule has 1 unspecified atom stereocenters. The summed E-state index contributed by atoms with van der Waals surface area (Å²) in [5.74, 6) is 1.82. The van der Waals surface area contributed by atoms with Crippen molar-refractivity contribution in [2.24, 2.45) is 23.7 Å². The van der Waals surface area contributed by atoms with Gasteiger partial charge >= 0.3 is 5.97 Å². The molecular weight excluding hydrogens is 452 g/mol. The van der Waals surface area contributed by atoms with Gasteiger partial charge in [0.1, 0.15) is 0 Å². The van der Waals surface area contributed by atoms with Crippen molar-refractivity contribution in [1.82, 2.24) is 9.62 Å². The smallest absolute Gasteiger partial charge is 0.338 e. The lowest BCUT2D eigenvalue weighted by Crippen LogP contribution is -2.61. The van der Waals surface area contributed by atoms with Crippen molar-refractivity contribution in [3.05, 3.63) is 29.8 Å². The molecular formula is C26H36N2O5S. The van der Waals surface area contributed by atoms with Crippen LogP contribution in [0.1, 0.15) is 75.6 Å². The van der Waals surface area contributed by atoms with E-state index < -0.39 is 22.1 Å². The molecule has 1 atom stereocenters. The predicted molar refractivity (Wildman–Crippen MR) is 128 cm³/mol. The van der Waals surface area contributed by atoms with Gasteiger partial charge in [0.25, 0.3) is 5.91 Å². The third-order valence-electron chi connectivity index (χ3n) is 8.55. The first-order valence-corrected chi connectivity index (χ1v) is 14.2. The van der Waals surface area contributed by atoms with E-state index in [0.717, 1.165) is 32.1 Å². The Balaban J connectivity index is 1.18. The SMILES string of the molecule is CC1CCN(S(=O)(=O)c2ccc(C(=O)OC(C)C(=O)NC34CC5CC(CC(C5)C3)C4)cc2)CC1. The number of ether oxygens (including phenoxy) is 1. The van der Waals surface area contributed by atoms with Crippen LogP contribution >= 0.6 is 0 Å². The molecule has 1 aromatic carbocycles. The number of piperidine rings is 1. The lowest BCUT2D eigenvalue weighted by Gasteiger charge is -2.57. The van der Waals surface area contributed by atoms with Crippen LogP contribution in [-0.4, -0.2) is 49.3 Å². The molecule has 5 fully saturated rings. The average molecular weight is 489 g/mol. The summed E-state index contributed by atoms with van der Waals surface area (Å²) < 4.78 is 32.8. The molecule has 1 N–H and O–H groups in total. The summed E-state index contributed by atoms with van der Waals surface area (Å²) in [7, 11) is -3.57. The van der Waals surface area contributed by atoms with E-state index in [4.69, 9.17) is 4.74 Å². The molecule has 186 valence electrons. The molecule has 5 aliphatic rings. The molecule has 6 rings (SSSR count). The highest BCUT2D eigenvalue weighted by molar-refractivity contribution is 7.89. The van der Waals surface area contributed by atoms with Crippen LogP contribution < -0.4 is 5.32 Å². The number of esters is 1. The van der Waals surface area contributed by atoms with Crippen molar-refractivity contribution in [1.29, 1.82) is 0 Å². The predicted octanol–water partition coefficient (Wildman–Crippen LogP) is 3.74. The number of carbonyl (C=O) groups excluding carboxylic acids is 2. The maximum absolute atomic E-state index is 12.9. The number of rotatable bonds is 6. The van der Waals surface area contributed by atoms with Crippen LogP contribution in [0.2, 0.25) is 0 Å². The Morgan fingerprint density at radius 3 is 2.06 bits per heavy atom. The van der Waals surface area contributed by atoms with Crippen molar-refractivity contribution < 1.29 is 22.7 Å². The normalized spacial score (nSPS) is 32.4. The molecule has 1 aliphatic heterocycles. The van der Waals surface area contributed by atoms with Crippen LogP contribution in [0.4, 0.5) is 0 Å². The van der Waals surface area contributed by atoms with Gasteiger partial charge in [-0.2, -0.15) is 4.31 Å². The molecule has 8 heteroatoms. The zero-order chi connectivity index (χ0) is 24.1. The number of benzene rings is 1. The number of nitrogens with one attached hydrogen (secondary N) is 1. The monoisotopic (exact) mass is 488 g/mol. The van der Waals surface area contributed by atoms with Gasteiger partial charge in [-0.1, -0.05) is 6.92 Å². The van der Waals surface area contributed by atoms with Crippen LogP contribution in [0.3, 0.4) is 0 Å². The van der Waals surface area contributed by atoms with Crippen LogP contribution in [0.25, 0.3) is 0 Å².